The summed E-state index contributed by atoms with van der Waals surface area (Å²) in [5.41, 5.74) is 10.8. The van der Waals surface area contributed by atoms with Crippen LogP contribution in [0.15, 0.2) is 186 Å². The van der Waals surface area contributed by atoms with Crippen LogP contribution in [-0.4, -0.2) is 4.57 Å². The van der Waals surface area contributed by atoms with Gasteiger partial charge in [-0.1, -0.05) is 127 Å². The summed E-state index contributed by atoms with van der Waals surface area (Å²) in [4.78, 5) is 2.43. The van der Waals surface area contributed by atoms with Crippen LogP contribution in [-0.2, 0) is 0 Å². The highest BCUT2D eigenvalue weighted by Gasteiger charge is 2.22. The van der Waals surface area contributed by atoms with E-state index in [0.29, 0.717) is 0 Å². The molecule has 0 bridgehead atoms. The number of hydrogen-bond acceptors (Lipinski definition) is 2. The van der Waals surface area contributed by atoms with Crippen LogP contribution in [0.2, 0.25) is 0 Å². The molecule has 3 nitrogen and oxygen atoms in total. The number of fused-ring (bicyclic) bond motifs is 7. The molecule has 0 aliphatic rings. The summed E-state index contributed by atoms with van der Waals surface area (Å²) in [5, 5.41) is 7.13. The third-order valence-electron chi connectivity index (χ3n) is 9.77. The van der Waals surface area contributed by atoms with E-state index in [1.165, 1.54) is 32.6 Å². The van der Waals surface area contributed by atoms with E-state index in [4.69, 9.17) is 4.42 Å². The van der Waals surface area contributed by atoms with Gasteiger partial charge in [-0.15, -0.1) is 0 Å². The zero-order chi connectivity index (χ0) is 32.3. The van der Waals surface area contributed by atoms with E-state index in [9.17, 15) is 0 Å². The predicted octanol–water partition coefficient (Wildman–Crippen LogP) is 13.0. The Kier molecular flexibility index (Phi) is 6.18. The number of benzene rings is 8. The Labute approximate surface area is 283 Å². The fraction of sp³-hybridized carbons (Fsp3) is 0. The van der Waals surface area contributed by atoms with Gasteiger partial charge in [0.1, 0.15) is 11.2 Å². The molecule has 2 heterocycles. The van der Waals surface area contributed by atoms with Crippen LogP contribution in [0, 0.1) is 0 Å². The quantitative estimate of drug-likeness (QED) is 0.190. The molecule has 49 heavy (non-hydrogen) atoms. The van der Waals surface area contributed by atoms with E-state index in [1.807, 2.05) is 12.1 Å². The fourth-order valence-electron chi connectivity index (χ4n) is 7.68. The Balaban J connectivity index is 1.26. The summed E-state index contributed by atoms with van der Waals surface area (Å²) in [6.07, 6.45) is 0. The molecule has 0 saturated carbocycles. The number of hydrogen-bond donors (Lipinski definition) is 0. The Morgan fingerprint density at radius 1 is 0.408 bits per heavy atom. The van der Waals surface area contributed by atoms with Gasteiger partial charge in [-0.05, 0) is 65.5 Å². The second-order valence-electron chi connectivity index (χ2n) is 12.5. The van der Waals surface area contributed by atoms with Crippen LogP contribution in [0.3, 0.4) is 0 Å². The van der Waals surface area contributed by atoms with Crippen molar-refractivity contribution in [1.82, 2.24) is 4.57 Å². The third kappa shape index (κ3) is 4.29. The molecular weight excluding hydrogens is 597 g/mol. The molecule has 0 amide bonds. The average molecular weight is 627 g/mol. The van der Waals surface area contributed by atoms with Crippen LogP contribution in [0.5, 0.6) is 0 Å². The molecule has 230 valence electrons. The van der Waals surface area contributed by atoms with Crippen molar-refractivity contribution >= 4 is 71.6 Å². The van der Waals surface area contributed by atoms with E-state index in [-0.39, 0.29) is 0 Å². The Hall–Kier alpha value is -6.58. The van der Waals surface area contributed by atoms with Crippen molar-refractivity contribution in [2.75, 3.05) is 4.90 Å². The molecule has 0 aliphatic heterocycles. The molecule has 2 aromatic heterocycles. The summed E-state index contributed by atoms with van der Waals surface area (Å²) >= 11 is 0. The topological polar surface area (TPSA) is 21.3 Å². The molecule has 8 aromatic carbocycles. The van der Waals surface area contributed by atoms with Crippen molar-refractivity contribution in [3.63, 3.8) is 0 Å². The minimum atomic E-state index is 0.888. The molecule has 10 rings (SSSR count). The third-order valence-corrected chi connectivity index (χ3v) is 9.77. The lowest BCUT2D eigenvalue weighted by molar-refractivity contribution is 0.669. The van der Waals surface area contributed by atoms with Gasteiger partial charge < -0.3 is 13.9 Å². The Bertz CT molecular complexity index is 2800. The summed E-state index contributed by atoms with van der Waals surface area (Å²) in [5.74, 6) is 0. The lowest BCUT2D eigenvalue weighted by atomic mass is 9.96. The molecular formula is C46H30N2O. The zero-order valence-electron chi connectivity index (χ0n) is 26.6. The number of anilines is 3. The molecule has 3 heteroatoms. The molecule has 0 spiro atoms. The van der Waals surface area contributed by atoms with Crippen LogP contribution < -0.4 is 4.90 Å². The summed E-state index contributed by atoms with van der Waals surface area (Å²) in [7, 11) is 0. The van der Waals surface area contributed by atoms with Gasteiger partial charge in [0.15, 0.2) is 0 Å². The fourth-order valence-corrected chi connectivity index (χ4v) is 7.68. The minimum Gasteiger partial charge on any atom is -0.456 e. The first-order valence-electron chi connectivity index (χ1n) is 16.7. The van der Waals surface area contributed by atoms with Crippen LogP contribution >= 0.6 is 0 Å². The first kappa shape index (κ1) is 27.5. The highest BCUT2D eigenvalue weighted by molar-refractivity contribution is 6.14. The smallest absolute Gasteiger partial charge is 0.136 e. The van der Waals surface area contributed by atoms with E-state index < -0.39 is 0 Å². The highest BCUT2D eigenvalue weighted by Crippen LogP contribution is 2.46. The van der Waals surface area contributed by atoms with Gasteiger partial charge in [-0.2, -0.15) is 0 Å². The van der Waals surface area contributed by atoms with Crippen molar-refractivity contribution in [3.8, 4) is 16.8 Å². The van der Waals surface area contributed by atoms with Gasteiger partial charge in [0.2, 0.25) is 0 Å². The van der Waals surface area contributed by atoms with Gasteiger partial charge >= 0.3 is 0 Å². The lowest BCUT2D eigenvalue weighted by Crippen LogP contribution is -2.12. The van der Waals surface area contributed by atoms with Gasteiger partial charge in [0.25, 0.3) is 0 Å². The molecule has 10 aromatic rings. The van der Waals surface area contributed by atoms with Gasteiger partial charge in [-0.25, -0.2) is 0 Å². The second-order valence-corrected chi connectivity index (χ2v) is 12.5. The van der Waals surface area contributed by atoms with Gasteiger partial charge in [-0.3, -0.25) is 0 Å². The number of nitrogens with zero attached hydrogens (tertiary/aromatic N) is 2. The van der Waals surface area contributed by atoms with Crippen molar-refractivity contribution in [2.24, 2.45) is 0 Å². The van der Waals surface area contributed by atoms with Crippen molar-refractivity contribution < 1.29 is 4.42 Å². The maximum absolute atomic E-state index is 6.35. The zero-order valence-corrected chi connectivity index (χ0v) is 26.6. The first-order valence-corrected chi connectivity index (χ1v) is 16.7. The molecule has 0 atom stereocenters. The lowest BCUT2D eigenvalue weighted by Gasteiger charge is -2.29. The second kappa shape index (κ2) is 11.0. The largest absolute Gasteiger partial charge is 0.456 e. The predicted molar refractivity (Wildman–Crippen MR) is 206 cm³/mol. The number of furan rings is 1. The van der Waals surface area contributed by atoms with E-state index in [0.717, 1.165) is 55.8 Å². The van der Waals surface area contributed by atoms with Crippen molar-refractivity contribution in [3.05, 3.63) is 182 Å². The number of rotatable bonds is 5. The summed E-state index contributed by atoms with van der Waals surface area (Å²) in [6.45, 7) is 0. The van der Waals surface area contributed by atoms with E-state index in [2.05, 4.69) is 179 Å². The number of aromatic nitrogens is 1. The molecule has 0 radical (unpaired) electrons. The highest BCUT2D eigenvalue weighted by atomic mass is 16.3. The maximum Gasteiger partial charge on any atom is 0.136 e. The van der Waals surface area contributed by atoms with Gasteiger partial charge in [0.05, 0.1) is 22.4 Å². The van der Waals surface area contributed by atoms with Crippen molar-refractivity contribution in [1.29, 1.82) is 0 Å². The standard InChI is InChI=1S/C46H30N2O/c1-2-18-34-31(14-1)15-11-27-40(34)47(32-16-12-17-33(30-32)48-41-24-7-3-19-35(41)36-20-4-8-25-42(36)48)43-26-9-5-21-37(43)38-23-13-29-45-46(38)39-22-6-10-28-44(39)49-45/h1-30H. The summed E-state index contributed by atoms with van der Waals surface area (Å²) in [6, 6.07) is 65.0. The average Bonchev–Trinajstić information content (AvgIpc) is 3.72. The summed E-state index contributed by atoms with van der Waals surface area (Å²) < 4.78 is 8.74. The Morgan fingerprint density at radius 3 is 1.82 bits per heavy atom. The molecule has 0 unspecified atom stereocenters. The molecule has 0 saturated heterocycles. The normalized spacial score (nSPS) is 11.7. The molecule has 0 N–H and O–H groups in total. The first-order chi connectivity index (χ1) is 24.3. The maximum atomic E-state index is 6.35. The molecule has 0 aliphatic carbocycles. The van der Waals surface area contributed by atoms with Crippen molar-refractivity contribution in [2.45, 2.75) is 0 Å². The number of para-hydroxylation sites is 4. The van der Waals surface area contributed by atoms with Gasteiger partial charge in [0, 0.05) is 43.9 Å². The van der Waals surface area contributed by atoms with E-state index in [1.54, 1.807) is 0 Å². The minimum absolute atomic E-state index is 0.888. The SMILES string of the molecule is c1cc(N(c2ccccc2-c2cccc3oc4ccccc4c23)c2cccc3ccccc23)cc(-n2c3ccccc3c3ccccc32)c1. The van der Waals surface area contributed by atoms with Crippen LogP contribution in [0.4, 0.5) is 17.1 Å². The van der Waals surface area contributed by atoms with E-state index >= 15 is 0 Å². The van der Waals surface area contributed by atoms with Crippen LogP contribution in [0.25, 0.3) is 71.3 Å². The molecule has 0 fully saturated rings. The monoisotopic (exact) mass is 626 g/mol. The van der Waals surface area contributed by atoms with Crippen LogP contribution in [0.1, 0.15) is 0 Å². The Morgan fingerprint density at radius 2 is 0.980 bits per heavy atom.